The summed E-state index contributed by atoms with van der Waals surface area (Å²) in [7, 11) is 0. The van der Waals surface area contributed by atoms with Crippen molar-refractivity contribution in [3.05, 3.63) is 33.8 Å². The highest BCUT2D eigenvalue weighted by atomic mass is 35.5. The maximum Gasteiger partial charge on any atom is 0.167 e. The zero-order chi connectivity index (χ0) is 11.5. The molecule has 0 radical (unpaired) electrons. The lowest BCUT2D eigenvalue weighted by molar-refractivity contribution is 0.0889. The molecular weight excluding hydrogens is 243 g/mol. The van der Waals surface area contributed by atoms with E-state index in [1.54, 1.807) is 18.2 Å². The summed E-state index contributed by atoms with van der Waals surface area (Å²) < 4.78 is 0. The minimum absolute atomic E-state index is 0.143. The fourth-order valence-corrected chi connectivity index (χ4v) is 2.65. The molecule has 1 saturated carbocycles. The van der Waals surface area contributed by atoms with Gasteiger partial charge >= 0.3 is 0 Å². The van der Waals surface area contributed by atoms with E-state index in [0.29, 0.717) is 15.6 Å². The van der Waals surface area contributed by atoms with E-state index in [1.807, 2.05) is 0 Å². The molecule has 0 bridgehead atoms. The van der Waals surface area contributed by atoms with Gasteiger partial charge in [-0.2, -0.15) is 0 Å². The maximum absolute atomic E-state index is 12.2. The fraction of sp³-hybridized carbons (Fsp3) is 0.462. The number of hydrogen-bond acceptors (Lipinski definition) is 1. The molecule has 1 aliphatic rings. The Morgan fingerprint density at radius 1 is 1.12 bits per heavy atom. The van der Waals surface area contributed by atoms with Crippen molar-refractivity contribution in [3.63, 3.8) is 0 Å². The molecule has 0 aliphatic heterocycles. The van der Waals surface area contributed by atoms with Gasteiger partial charge in [0.25, 0.3) is 0 Å². The van der Waals surface area contributed by atoms with Crippen molar-refractivity contribution in [2.45, 2.75) is 32.1 Å². The third kappa shape index (κ3) is 2.58. The van der Waals surface area contributed by atoms with Crippen molar-refractivity contribution < 1.29 is 4.79 Å². The van der Waals surface area contributed by atoms with E-state index >= 15 is 0 Å². The highest BCUT2D eigenvalue weighted by molar-refractivity contribution is 6.36. The summed E-state index contributed by atoms with van der Waals surface area (Å²) in [5.41, 5.74) is 0.584. The van der Waals surface area contributed by atoms with Gasteiger partial charge in [0.15, 0.2) is 5.78 Å². The lowest BCUT2D eigenvalue weighted by atomic mass is 9.84. The molecule has 86 valence electrons. The standard InChI is InChI=1S/C13H14Cl2O/c14-10-6-7-12(15)11(8-10)13(16)9-4-2-1-3-5-9/h6-9H,1-5H2. The van der Waals surface area contributed by atoms with Crippen LogP contribution >= 0.6 is 23.2 Å². The second-order valence-electron chi connectivity index (χ2n) is 4.32. The molecule has 1 aromatic carbocycles. The van der Waals surface area contributed by atoms with Gasteiger partial charge in [0.1, 0.15) is 0 Å². The van der Waals surface area contributed by atoms with Gasteiger partial charge in [0.2, 0.25) is 0 Å². The molecule has 3 heteroatoms. The van der Waals surface area contributed by atoms with Gasteiger partial charge in [-0.15, -0.1) is 0 Å². The summed E-state index contributed by atoms with van der Waals surface area (Å²) in [6, 6.07) is 5.09. The lowest BCUT2D eigenvalue weighted by Crippen LogP contribution is -2.18. The molecule has 0 spiro atoms. The van der Waals surface area contributed by atoms with Gasteiger partial charge in [-0.25, -0.2) is 0 Å². The average molecular weight is 257 g/mol. The predicted octanol–water partition coefficient (Wildman–Crippen LogP) is 4.76. The predicted molar refractivity (Wildman–Crippen MR) is 67.4 cm³/mol. The summed E-state index contributed by atoms with van der Waals surface area (Å²) in [6.45, 7) is 0. The molecule has 2 rings (SSSR count). The number of Topliss-reactive ketones (excluding diaryl/α,β-unsaturated/α-hetero) is 1. The SMILES string of the molecule is O=C(c1cc(Cl)ccc1Cl)C1CCCCC1. The maximum atomic E-state index is 12.2. The Morgan fingerprint density at radius 3 is 2.50 bits per heavy atom. The minimum Gasteiger partial charge on any atom is -0.294 e. The zero-order valence-electron chi connectivity index (χ0n) is 9.01. The molecule has 0 N–H and O–H groups in total. The van der Waals surface area contributed by atoms with Crippen molar-refractivity contribution >= 4 is 29.0 Å². The van der Waals surface area contributed by atoms with Crippen LogP contribution in [0.4, 0.5) is 0 Å². The summed E-state index contributed by atoms with van der Waals surface area (Å²) >= 11 is 11.9. The monoisotopic (exact) mass is 256 g/mol. The molecule has 0 unspecified atom stereocenters. The molecule has 1 aromatic rings. The van der Waals surface area contributed by atoms with Gasteiger partial charge in [0, 0.05) is 16.5 Å². The highest BCUT2D eigenvalue weighted by Crippen LogP contribution is 2.30. The van der Waals surface area contributed by atoms with Gasteiger partial charge in [-0.3, -0.25) is 4.79 Å². The summed E-state index contributed by atoms with van der Waals surface area (Å²) in [4.78, 5) is 12.2. The van der Waals surface area contributed by atoms with E-state index in [0.717, 1.165) is 25.7 Å². The number of carbonyl (C=O) groups excluding carboxylic acids is 1. The summed E-state index contributed by atoms with van der Waals surface area (Å²) in [5, 5.41) is 1.09. The molecule has 0 aromatic heterocycles. The largest absolute Gasteiger partial charge is 0.294 e. The number of rotatable bonds is 2. The van der Waals surface area contributed by atoms with Crippen LogP contribution in [0.25, 0.3) is 0 Å². The van der Waals surface area contributed by atoms with Crippen molar-refractivity contribution in [2.24, 2.45) is 5.92 Å². The van der Waals surface area contributed by atoms with Gasteiger partial charge in [0.05, 0.1) is 5.02 Å². The van der Waals surface area contributed by atoms with Crippen LogP contribution < -0.4 is 0 Å². The number of benzene rings is 1. The van der Waals surface area contributed by atoms with Crippen LogP contribution in [0.5, 0.6) is 0 Å². The Labute approximate surface area is 106 Å². The average Bonchev–Trinajstić information content (AvgIpc) is 2.32. The Kier molecular flexibility index (Phi) is 3.88. The molecule has 1 aliphatic carbocycles. The van der Waals surface area contributed by atoms with Crippen molar-refractivity contribution in [1.29, 1.82) is 0 Å². The van der Waals surface area contributed by atoms with Gasteiger partial charge in [-0.1, -0.05) is 42.5 Å². The van der Waals surface area contributed by atoms with E-state index in [4.69, 9.17) is 23.2 Å². The van der Waals surface area contributed by atoms with Gasteiger partial charge < -0.3 is 0 Å². The number of halogens is 2. The van der Waals surface area contributed by atoms with Crippen LogP contribution in [-0.4, -0.2) is 5.78 Å². The van der Waals surface area contributed by atoms with Crippen LogP contribution in [0.2, 0.25) is 10.0 Å². The molecule has 1 fully saturated rings. The fourth-order valence-electron chi connectivity index (χ4n) is 2.27. The molecular formula is C13H14Cl2O. The first-order chi connectivity index (χ1) is 7.68. The molecule has 0 amide bonds. The van der Waals surface area contributed by atoms with E-state index in [9.17, 15) is 4.79 Å². The first kappa shape index (κ1) is 11.9. The lowest BCUT2D eigenvalue weighted by Gasteiger charge is -2.20. The van der Waals surface area contributed by atoms with Crippen LogP contribution in [0.15, 0.2) is 18.2 Å². The topological polar surface area (TPSA) is 17.1 Å². The Hall–Kier alpha value is -0.530. The smallest absolute Gasteiger partial charge is 0.167 e. The van der Waals surface area contributed by atoms with E-state index in [-0.39, 0.29) is 11.7 Å². The second kappa shape index (κ2) is 5.20. The quantitative estimate of drug-likeness (QED) is 0.698. The number of hydrogen-bond donors (Lipinski definition) is 0. The van der Waals surface area contributed by atoms with E-state index in [2.05, 4.69) is 0 Å². The zero-order valence-corrected chi connectivity index (χ0v) is 10.5. The molecule has 0 atom stereocenters. The molecule has 16 heavy (non-hydrogen) atoms. The first-order valence-corrected chi connectivity index (χ1v) is 6.43. The summed E-state index contributed by atoms with van der Waals surface area (Å²) in [5.74, 6) is 0.303. The van der Waals surface area contributed by atoms with Crippen molar-refractivity contribution in [2.75, 3.05) is 0 Å². The number of ketones is 1. The third-order valence-corrected chi connectivity index (χ3v) is 3.73. The molecule has 1 nitrogen and oxygen atoms in total. The van der Waals surface area contributed by atoms with E-state index in [1.165, 1.54) is 6.42 Å². The van der Waals surface area contributed by atoms with Crippen LogP contribution in [0.3, 0.4) is 0 Å². The Balaban J connectivity index is 2.22. The first-order valence-electron chi connectivity index (χ1n) is 5.68. The highest BCUT2D eigenvalue weighted by Gasteiger charge is 2.23. The van der Waals surface area contributed by atoms with Crippen LogP contribution in [-0.2, 0) is 0 Å². The number of carbonyl (C=O) groups is 1. The Morgan fingerprint density at radius 2 is 1.81 bits per heavy atom. The minimum atomic E-state index is 0.143. The van der Waals surface area contributed by atoms with Gasteiger partial charge in [-0.05, 0) is 31.0 Å². The van der Waals surface area contributed by atoms with Crippen molar-refractivity contribution in [1.82, 2.24) is 0 Å². The second-order valence-corrected chi connectivity index (χ2v) is 5.17. The van der Waals surface area contributed by atoms with Crippen LogP contribution in [0, 0.1) is 5.92 Å². The Bertz CT molecular complexity index is 395. The molecule has 0 saturated heterocycles. The van der Waals surface area contributed by atoms with Crippen LogP contribution in [0.1, 0.15) is 42.5 Å². The van der Waals surface area contributed by atoms with Crippen molar-refractivity contribution in [3.8, 4) is 0 Å². The normalized spacial score (nSPS) is 17.4. The van der Waals surface area contributed by atoms with E-state index < -0.39 is 0 Å². The third-order valence-electron chi connectivity index (χ3n) is 3.17. The summed E-state index contributed by atoms with van der Waals surface area (Å²) in [6.07, 6.45) is 5.51. The molecule has 0 heterocycles.